The molecule has 1 unspecified atom stereocenters. The fourth-order valence-electron chi connectivity index (χ4n) is 2.06. The van der Waals surface area contributed by atoms with Gasteiger partial charge in [-0.05, 0) is 19.4 Å². The Morgan fingerprint density at radius 1 is 1.47 bits per heavy atom. The summed E-state index contributed by atoms with van der Waals surface area (Å²) in [7, 11) is 3.38. The van der Waals surface area contributed by atoms with Crippen molar-refractivity contribution in [2.24, 2.45) is 5.92 Å². The van der Waals surface area contributed by atoms with E-state index in [-0.39, 0.29) is 18.4 Å². The minimum absolute atomic E-state index is 0.0337. The van der Waals surface area contributed by atoms with Gasteiger partial charge in [0.05, 0.1) is 19.6 Å². The highest BCUT2D eigenvalue weighted by Gasteiger charge is 2.20. The Morgan fingerprint density at radius 2 is 2.16 bits per heavy atom. The largest absolute Gasteiger partial charge is 0.496 e. The lowest BCUT2D eigenvalue weighted by Crippen LogP contribution is -2.34. The summed E-state index contributed by atoms with van der Waals surface area (Å²) in [5.41, 5.74) is 2.11. The lowest BCUT2D eigenvalue weighted by molar-refractivity contribution is -0.136. The van der Waals surface area contributed by atoms with Crippen LogP contribution in [0.5, 0.6) is 5.75 Å². The van der Waals surface area contributed by atoms with E-state index in [1.54, 1.807) is 19.1 Å². The van der Waals surface area contributed by atoms with Gasteiger partial charge in [0.25, 0.3) is 0 Å². The van der Waals surface area contributed by atoms with Crippen LogP contribution in [0.25, 0.3) is 0 Å². The molecule has 0 aliphatic heterocycles. The van der Waals surface area contributed by atoms with Crippen molar-refractivity contribution in [3.8, 4) is 5.75 Å². The smallest absolute Gasteiger partial charge is 0.228 e. The van der Waals surface area contributed by atoms with E-state index in [1.165, 1.54) is 0 Å². The number of aliphatic hydroxyl groups is 1. The number of ether oxygens (including phenoxy) is 1. The van der Waals surface area contributed by atoms with Gasteiger partial charge in [0.2, 0.25) is 5.91 Å². The Labute approximate surface area is 115 Å². The molecular weight excluding hydrogens is 242 g/mol. The first-order valence-electron chi connectivity index (χ1n) is 6.52. The number of amides is 1. The Bertz CT molecular complexity index is 427. The zero-order chi connectivity index (χ0) is 14.4. The van der Waals surface area contributed by atoms with Crippen molar-refractivity contribution in [3.63, 3.8) is 0 Å². The lowest BCUT2D eigenvalue weighted by Gasteiger charge is -2.23. The maximum absolute atomic E-state index is 12.1. The number of aryl methyl sites for hydroxylation is 1. The van der Waals surface area contributed by atoms with Crippen molar-refractivity contribution in [1.82, 2.24) is 4.90 Å². The summed E-state index contributed by atoms with van der Waals surface area (Å²) in [5.74, 6) is 0.427. The quantitative estimate of drug-likeness (QED) is 0.855. The van der Waals surface area contributed by atoms with Crippen LogP contribution in [0.4, 0.5) is 0 Å². The highest BCUT2D eigenvalue weighted by Crippen LogP contribution is 2.21. The average Bonchev–Trinajstić information content (AvgIpc) is 2.40. The fourth-order valence-corrected chi connectivity index (χ4v) is 2.06. The van der Waals surface area contributed by atoms with E-state index in [0.29, 0.717) is 13.0 Å². The van der Waals surface area contributed by atoms with Crippen LogP contribution in [-0.4, -0.2) is 36.7 Å². The number of carbonyl (C=O) groups is 1. The summed E-state index contributed by atoms with van der Waals surface area (Å²) in [6.45, 7) is 4.29. The van der Waals surface area contributed by atoms with E-state index in [9.17, 15) is 9.90 Å². The number of hydrogen-bond donors (Lipinski definition) is 1. The SMILES string of the molecule is CCC(CO)C(=O)N(C)Cc1cc(C)ccc1OC. The molecule has 1 N–H and O–H groups in total. The van der Waals surface area contributed by atoms with Crippen LogP contribution in [0.1, 0.15) is 24.5 Å². The summed E-state index contributed by atoms with van der Waals surface area (Å²) in [6, 6.07) is 5.90. The predicted octanol–water partition coefficient (Wildman–Crippen LogP) is 1.98. The lowest BCUT2D eigenvalue weighted by atomic mass is 10.1. The van der Waals surface area contributed by atoms with E-state index in [4.69, 9.17) is 4.74 Å². The van der Waals surface area contributed by atoms with Crippen molar-refractivity contribution in [2.75, 3.05) is 20.8 Å². The first-order valence-corrected chi connectivity index (χ1v) is 6.52. The van der Waals surface area contributed by atoms with Gasteiger partial charge in [0.15, 0.2) is 0 Å². The molecule has 4 heteroatoms. The molecule has 0 bridgehead atoms. The van der Waals surface area contributed by atoms with Crippen LogP contribution in [0, 0.1) is 12.8 Å². The predicted molar refractivity (Wildman–Crippen MR) is 75.1 cm³/mol. The normalized spacial score (nSPS) is 12.1. The molecule has 0 saturated heterocycles. The minimum Gasteiger partial charge on any atom is -0.496 e. The van der Waals surface area contributed by atoms with Gasteiger partial charge < -0.3 is 14.7 Å². The van der Waals surface area contributed by atoms with Gasteiger partial charge >= 0.3 is 0 Å². The number of hydrogen-bond acceptors (Lipinski definition) is 3. The molecule has 0 fully saturated rings. The topological polar surface area (TPSA) is 49.8 Å². The van der Waals surface area contributed by atoms with Crippen molar-refractivity contribution in [2.45, 2.75) is 26.8 Å². The van der Waals surface area contributed by atoms with Crippen molar-refractivity contribution >= 4 is 5.91 Å². The fraction of sp³-hybridized carbons (Fsp3) is 0.533. The third-order valence-corrected chi connectivity index (χ3v) is 3.28. The Morgan fingerprint density at radius 3 is 2.68 bits per heavy atom. The summed E-state index contributed by atoms with van der Waals surface area (Å²) >= 11 is 0. The molecule has 1 aromatic carbocycles. The van der Waals surface area contributed by atoms with Crippen LogP contribution in [0.2, 0.25) is 0 Å². The summed E-state index contributed by atoms with van der Waals surface area (Å²) < 4.78 is 5.31. The molecule has 1 atom stereocenters. The Kier molecular flexibility index (Phi) is 5.83. The number of methoxy groups -OCH3 is 1. The molecule has 0 spiro atoms. The van der Waals surface area contributed by atoms with Gasteiger partial charge in [0.1, 0.15) is 5.75 Å². The molecule has 1 amide bonds. The Hall–Kier alpha value is -1.55. The molecule has 0 aromatic heterocycles. The molecule has 0 radical (unpaired) electrons. The molecule has 0 saturated carbocycles. The van der Waals surface area contributed by atoms with Crippen molar-refractivity contribution < 1.29 is 14.6 Å². The van der Waals surface area contributed by atoms with E-state index >= 15 is 0 Å². The average molecular weight is 265 g/mol. The molecule has 0 aliphatic carbocycles. The van der Waals surface area contributed by atoms with Crippen molar-refractivity contribution in [1.29, 1.82) is 0 Å². The van der Waals surface area contributed by atoms with Crippen LogP contribution < -0.4 is 4.74 Å². The molecule has 1 rings (SSSR count). The zero-order valence-corrected chi connectivity index (χ0v) is 12.1. The first-order chi connectivity index (χ1) is 9.03. The molecule has 1 aromatic rings. The third kappa shape index (κ3) is 3.96. The van der Waals surface area contributed by atoms with E-state index < -0.39 is 0 Å². The van der Waals surface area contributed by atoms with Gasteiger partial charge in [-0.1, -0.05) is 24.6 Å². The van der Waals surface area contributed by atoms with Crippen LogP contribution in [-0.2, 0) is 11.3 Å². The standard InChI is InChI=1S/C15H23NO3/c1-5-12(10-17)15(18)16(3)9-13-8-11(2)6-7-14(13)19-4/h6-8,12,17H,5,9-10H2,1-4H3. The summed E-state index contributed by atoms with van der Waals surface area (Å²) in [4.78, 5) is 13.8. The molecule has 19 heavy (non-hydrogen) atoms. The van der Waals surface area contributed by atoms with Gasteiger partial charge in [0, 0.05) is 19.2 Å². The number of rotatable bonds is 6. The van der Waals surface area contributed by atoms with Gasteiger partial charge in [-0.15, -0.1) is 0 Å². The number of aliphatic hydroxyl groups excluding tert-OH is 1. The number of nitrogens with zero attached hydrogens (tertiary/aromatic N) is 1. The minimum atomic E-state index is -0.319. The zero-order valence-electron chi connectivity index (χ0n) is 12.1. The maximum atomic E-state index is 12.1. The van der Waals surface area contributed by atoms with Crippen LogP contribution in [0.3, 0.4) is 0 Å². The van der Waals surface area contributed by atoms with Crippen molar-refractivity contribution in [3.05, 3.63) is 29.3 Å². The van der Waals surface area contributed by atoms with Gasteiger partial charge in [-0.2, -0.15) is 0 Å². The second kappa shape index (κ2) is 7.14. The van der Waals surface area contributed by atoms with E-state index in [1.807, 2.05) is 32.0 Å². The summed E-state index contributed by atoms with van der Waals surface area (Å²) in [5, 5.41) is 9.18. The third-order valence-electron chi connectivity index (χ3n) is 3.28. The summed E-state index contributed by atoms with van der Waals surface area (Å²) in [6.07, 6.45) is 0.643. The second-order valence-electron chi connectivity index (χ2n) is 4.80. The molecule has 106 valence electrons. The molecule has 4 nitrogen and oxygen atoms in total. The number of benzene rings is 1. The van der Waals surface area contributed by atoms with Gasteiger partial charge in [-0.3, -0.25) is 4.79 Å². The molecular formula is C15H23NO3. The highest BCUT2D eigenvalue weighted by molar-refractivity contribution is 5.78. The van der Waals surface area contributed by atoms with E-state index in [2.05, 4.69) is 0 Å². The van der Waals surface area contributed by atoms with Crippen LogP contribution in [0.15, 0.2) is 18.2 Å². The second-order valence-corrected chi connectivity index (χ2v) is 4.80. The molecule has 0 heterocycles. The number of carbonyl (C=O) groups excluding carboxylic acids is 1. The van der Waals surface area contributed by atoms with Crippen LogP contribution >= 0.6 is 0 Å². The highest BCUT2D eigenvalue weighted by atomic mass is 16.5. The van der Waals surface area contributed by atoms with E-state index in [0.717, 1.165) is 16.9 Å². The Balaban J connectivity index is 2.84. The van der Waals surface area contributed by atoms with Gasteiger partial charge in [-0.25, -0.2) is 0 Å². The first kappa shape index (κ1) is 15.5. The monoisotopic (exact) mass is 265 g/mol. The molecule has 0 aliphatic rings. The maximum Gasteiger partial charge on any atom is 0.228 e.